The number of benzene rings is 1. The molecule has 1 aliphatic rings. The highest BCUT2D eigenvalue weighted by molar-refractivity contribution is 7.14. The van der Waals surface area contributed by atoms with Crippen LogP contribution in [0.15, 0.2) is 29.6 Å². The molecule has 1 fully saturated rings. The molecule has 0 spiro atoms. The van der Waals surface area contributed by atoms with E-state index < -0.39 is 0 Å². The fraction of sp³-hybridized carbons (Fsp3) is 0.444. The van der Waals surface area contributed by atoms with Crippen LogP contribution in [0.4, 0.5) is 5.13 Å². The van der Waals surface area contributed by atoms with Gasteiger partial charge in [-0.1, -0.05) is 36.8 Å². The second kappa shape index (κ2) is 7.23. The lowest BCUT2D eigenvalue weighted by Crippen LogP contribution is -2.37. The lowest BCUT2D eigenvalue weighted by Gasteiger charge is -2.22. The van der Waals surface area contributed by atoms with Gasteiger partial charge in [0.1, 0.15) is 0 Å². The molecule has 3 rings (SSSR count). The van der Waals surface area contributed by atoms with Gasteiger partial charge in [-0.25, -0.2) is 4.98 Å². The molecule has 1 aromatic heterocycles. The number of carbonyl (C=O) groups excluding carboxylic acids is 1. The van der Waals surface area contributed by atoms with E-state index in [9.17, 15) is 4.79 Å². The first kappa shape index (κ1) is 16.1. The van der Waals surface area contributed by atoms with Crippen LogP contribution >= 0.6 is 11.3 Å². The molecule has 0 N–H and O–H groups in total. The van der Waals surface area contributed by atoms with Gasteiger partial charge in [-0.15, -0.1) is 11.3 Å². The van der Waals surface area contributed by atoms with Gasteiger partial charge < -0.3 is 4.74 Å². The topological polar surface area (TPSA) is 42.4 Å². The first-order chi connectivity index (χ1) is 11.2. The molecule has 0 aliphatic carbocycles. The van der Waals surface area contributed by atoms with Crippen molar-refractivity contribution in [1.29, 1.82) is 0 Å². The number of ether oxygens (including phenoxy) is 1. The summed E-state index contributed by atoms with van der Waals surface area (Å²) >= 11 is 1.52. The summed E-state index contributed by atoms with van der Waals surface area (Å²) in [5, 5.41) is 2.79. The van der Waals surface area contributed by atoms with Crippen LogP contribution in [0.2, 0.25) is 0 Å². The molecule has 0 bridgehead atoms. The third-order valence-corrected chi connectivity index (χ3v) is 4.95. The van der Waals surface area contributed by atoms with E-state index in [-0.39, 0.29) is 12.0 Å². The Labute approximate surface area is 141 Å². The van der Waals surface area contributed by atoms with E-state index in [1.54, 1.807) is 4.90 Å². The Morgan fingerprint density at radius 1 is 1.39 bits per heavy atom. The molecule has 122 valence electrons. The lowest BCUT2D eigenvalue weighted by molar-refractivity contribution is -0.118. The summed E-state index contributed by atoms with van der Waals surface area (Å²) in [6.45, 7) is 5.36. The number of anilines is 1. The minimum absolute atomic E-state index is 0.102. The molecule has 0 radical (unpaired) electrons. The molecular formula is C18H22N2O2S. The maximum Gasteiger partial charge on any atom is 0.228 e. The Hall–Kier alpha value is -1.72. The Morgan fingerprint density at radius 2 is 2.17 bits per heavy atom. The van der Waals surface area contributed by atoms with Crippen molar-refractivity contribution in [2.75, 3.05) is 18.1 Å². The highest BCUT2D eigenvalue weighted by Gasteiger charge is 2.25. The second-order valence-electron chi connectivity index (χ2n) is 5.87. The summed E-state index contributed by atoms with van der Waals surface area (Å²) in [5.41, 5.74) is 3.23. The number of carbonyl (C=O) groups is 1. The van der Waals surface area contributed by atoms with Gasteiger partial charge in [-0.3, -0.25) is 9.69 Å². The van der Waals surface area contributed by atoms with Gasteiger partial charge in [-0.2, -0.15) is 0 Å². The van der Waals surface area contributed by atoms with Crippen LogP contribution < -0.4 is 4.90 Å². The molecule has 1 atom stereocenters. The van der Waals surface area contributed by atoms with Crippen molar-refractivity contribution in [3.8, 4) is 11.3 Å². The zero-order chi connectivity index (χ0) is 16.2. The summed E-state index contributed by atoms with van der Waals surface area (Å²) in [6, 6.07) is 8.30. The van der Waals surface area contributed by atoms with Gasteiger partial charge in [0.15, 0.2) is 5.13 Å². The largest absolute Gasteiger partial charge is 0.376 e. The average molecular weight is 330 g/mol. The fourth-order valence-electron chi connectivity index (χ4n) is 2.71. The quantitative estimate of drug-likeness (QED) is 0.831. The van der Waals surface area contributed by atoms with Gasteiger partial charge in [0.05, 0.1) is 18.3 Å². The minimum Gasteiger partial charge on any atom is -0.376 e. The van der Waals surface area contributed by atoms with E-state index >= 15 is 0 Å². The van der Waals surface area contributed by atoms with Crippen molar-refractivity contribution < 1.29 is 9.53 Å². The van der Waals surface area contributed by atoms with Crippen LogP contribution in [-0.4, -0.2) is 30.1 Å². The molecule has 4 nitrogen and oxygen atoms in total. The molecule has 1 unspecified atom stereocenters. The Kier molecular flexibility index (Phi) is 5.08. The molecular weight excluding hydrogens is 308 g/mol. The van der Waals surface area contributed by atoms with Crippen LogP contribution in [0.1, 0.15) is 31.7 Å². The molecule has 1 saturated heterocycles. The zero-order valence-corrected chi connectivity index (χ0v) is 14.4. The zero-order valence-electron chi connectivity index (χ0n) is 13.6. The Balaban J connectivity index is 1.81. The minimum atomic E-state index is 0.102. The fourth-order valence-corrected chi connectivity index (χ4v) is 3.58. The van der Waals surface area contributed by atoms with Crippen LogP contribution in [0, 0.1) is 6.92 Å². The maximum atomic E-state index is 12.3. The Bertz CT molecular complexity index is 660. The van der Waals surface area contributed by atoms with Crippen LogP contribution in [0.3, 0.4) is 0 Å². The van der Waals surface area contributed by atoms with Gasteiger partial charge in [0, 0.05) is 24.0 Å². The summed E-state index contributed by atoms with van der Waals surface area (Å²) < 4.78 is 5.69. The van der Waals surface area contributed by atoms with Crippen LogP contribution in [0.25, 0.3) is 11.3 Å². The number of amides is 1. The monoisotopic (exact) mass is 330 g/mol. The van der Waals surface area contributed by atoms with E-state index in [4.69, 9.17) is 4.74 Å². The average Bonchev–Trinajstić information content (AvgIpc) is 3.24. The Morgan fingerprint density at radius 3 is 2.83 bits per heavy atom. The van der Waals surface area contributed by atoms with E-state index in [1.165, 1.54) is 16.9 Å². The molecule has 2 aromatic rings. The summed E-state index contributed by atoms with van der Waals surface area (Å²) in [5.74, 6) is 0.102. The third kappa shape index (κ3) is 3.79. The van der Waals surface area contributed by atoms with E-state index in [0.717, 1.165) is 35.8 Å². The SMILES string of the molecule is CCC(=O)N(CC1CCCO1)c1nc(-c2ccc(C)cc2)cs1. The normalized spacial score (nSPS) is 17.4. The summed E-state index contributed by atoms with van der Waals surface area (Å²) in [7, 11) is 0. The van der Waals surface area contributed by atoms with Crippen LogP contribution in [-0.2, 0) is 9.53 Å². The van der Waals surface area contributed by atoms with Gasteiger partial charge in [0.2, 0.25) is 5.91 Å². The number of thiazole rings is 1. The summed E-state index contributed by atoms with van der Waals surface area (Å²) in [4.78, 5) is 18.8. The van der Waals surface area contributed by atoms with Crippen molar-refractivity contribution in [3.05, 3.63) is 35.2 Å². The highest BCUT2D eigenvalue weighted by Crippen LogP contribution is 2.29. The van der Waals surface area contributed by atoms with Gasteiger partial charge in [-0.05, 0) is 19.8 Å². The number of hydrogen-bond acceptors (Lipinski definition) is 4. The van der Waals surface area contributed by atoms with Crippen molar-refractivity contribution in [1.82, 2.24) is 4.98 Å². The highest BCUT2D eigenvalue weighted by atomic mass is 32.1. The maximum absolute atomic E-state index is 12.3. The van der Waals surface area contributed by atoms with Crippen LogP contribution in [0.5, 0.6) is 0 Å². The first-order valence-corrected chi connectivity index (χ1v) is 9.00. The van der Waals surface area contributed by atoms with E-state index in [1.807, 2.05) is 12.3 Å². The standard InChI is InChI=1S/C18H22N2O2S/c1-3-17(21)20(11-15-5-4-10-22-15)18-19-16(12-23-18)14-8-6-13(2)7-9-14/h6-9,12,15H,3-5,10-11H2,1-2H3. The molecule has 0 saturated carbocycles. The molecule has 1 amide bonds. The second-order valence-corrected chi connectivity index (χ2v) is 6.71. The first-order valence-electron chi connectivity index (χ1n) is 8.12. The van der Waals surface area contributed by atoms with Crippen molar-refractivity contribution >= 4 is 22.4 Å². The van der Waals surface area contributed by atoms with E-state index in [2.05, 4.69) is 36.2 Å². The lowest BCUT2D eigenvalue weighted by atomic mass is 10.1. The molecule has 1 aromatic carbocycles. The summed E-state index contributed by atoms with van der Waals surface area (Å²) in [6.07, 6.45) is 2.71. The molecule has 2 heterocycles. The van der Waals surface area contributed by atoms with Crippen molar-refractivity contribution in [2.45, 2.75) is 39.2 Å². The molecule has 5 heteroatoms. The number of aromatic nitrogens is 1. The number of aryl methyl sites for hydroxylation is 1. The van der Waals surface area contributed by atoms with Gasteiger partial charge in [0.25, 0.3) is 0 Å². The van der Waals surface area contributed by atoms with Gasteiger partial charge >= 0.3 is 0 Å². The third-order valence-electron chi connectivity index (χ3n) is 4.08. The number of hydrogen-bond donors (Lipinski definition) is 0. The van der Waals surface area contributed by atoms with Crippen molar-refractivity contribution in [2.24, 2.45) is 0 Å². The molecule has 23 heavy (non-hydrogen) atoms. The van der Waals surface area contributed by atoms with Crippen molar-refractivity contribution in [3.63, 3.8) is 0 Å². The predicted molar refractivity (Wildman–Crippen MR) is 93.9 cm³/mol. The number of rotatable bonds is 5. The molecule has 1 aliphatic heterocycles. The smallest absolute Gasteiger partial charge is 0.228 e. The van der Waals surface area contributed by atoms with E-state index in [0.29, 0.717) is 13.0 Å². The number of nitrogens with zero attached hydrogens (tertiary/aromatic N) is 2. The predicted octanol–water partition coefficient (Wildman–Crippen LogP) is 4.04.